The van der Waals surface area contributed by atoms with Crippen LogP contribution in [0.2, 0.25) is 0 Å². The predicted molar refractivity (Wildman–Crippen MR) is 68.5 cm³/mol. The van der Waals surface area contributed by atoms with Gasteiger partial charge in [-0.15, -0.1) is 11.8 Å². The Balaban J connectivity index is 2.82. The molecule has 0 saturated heterocycles. The Morgan fingerprint density at radius 2 is 1.60 bits per heavy atom. The van der Waals surface area contributed by atoms with E-state index in [0.717, 1.165) is 5.03 Å². The summed E-state index contributed by atoms with van der Waals surface area (Å²) in [5, 5.41) is 1.11. The number of thioether (sulfide) groups is 1. The maximum Gasteiger partial charge on any atom is 0.0965 e. The van der Waals surface area contributed by atoms with Gasteiger partial charge in [-0.3, -0.25) is 0 Å². The van der Waals surface area contributed by atoms with E-state index in [1.165, 1.54) is 5.56 Å². The van der Waals surface area contributed by atoms with E-state index < -0.39 is 0 Å². The van der Waals surface area contributed by atoms with Gasteiger partial charge in [0, 0.05) is 10.9 Å². The molecule has 0 spiro atoms. The van der Waals surface area contributed by atoms with Gasteiger partial charge in [0.15, 0.2) is 0 Å². The molecule has 84 valence electrons. The SMILES string of the molecule is CC(C)(C)Sc1ccc(C(C)(C)C)cn1. The van der Waals surface area contributed by atoms with Gasteiger partial charge in [-0.25, -0.2) is 4.98 Å². The molecule has 0 aliphatic carbocycles. The normalized spacial score (nSPS) is 12.9. The van der Waals surface area contributed by atoms with Crippen LogP contribution in [0.1, 0.15) is 47.1 Å². The second-order valence-electron chi connectivity index (χ2n) is 5.85. The lowest BCUT2D eigenvalue weighted by atomic mass is 9.88. The van der Waals surface area contributed by atoms with Crippen molar-refractivity contribution in [3.8, 4) is 0 Å². The van der Waals surface area contributed by atoms with Gasteiger partial charge in [0.2, 0.25) is 0 Å². The molecule has 0 bridgehead atoms. The second-order valence-corrected chi connectivity index (χ2v) is 7.70. The zero-order valence-corrected chi connectivity index (χ0v) is 11.4. The van der Waals surface area contributed by atoms with Crippen LogP contribution < -0.4 is 0 Å². The first-order chi connectivity index (χ1) is 6.68. The Hall–Kier alpha value is -0.500. The number of pyridine rings is 1. The summed E-state index contributed by atoms with van der Waals surface area (Å²) in [6.45, 7) is 13.2. The summed E-state index contributed by atoms with van der Waals surface area (Å²) in [7, 11) is 0. The topological polar surface area (TPSA) is 12.9 Å². The first-order valence-electron chi connectivity index (χ1n) is 5.34. The molecule has 1 rings (SSSR count). The van der Waals surface area contributed by atoms with E-state index >= 15 is 0 Å². The van der Waals surface area contributed by atoms with Crippen molar-refractivity contribution >= 4 is 11.8 Å². The highest BCUT2D eigenvalue weighted by atomic mass is 32.2. The number of aromatic nitrogens is 1. The van der Waals surface area contributed by atoms with Gasteiger partial charge in [0.25, 0.3) is 0 Å². The van der Waals surface area contributed by atoms with Crippen molar-refractivity contribution in [1.82, 2.24) is 4.98 Å². The average molecular weight is 223 g/mol. The summed E-state index contributed by atoms with van der Waals surface area (Å²) in [5.74, 6) is 0. The number of rotatable bonds is 1. The lowest BCUT2D eigenvalue weighted by molar-refractivity contribution is 0.586. The fraction of sp³-hybridized carbons (Fsp3) is 0.615. The van der Waals surface area contributed by atoms with E-state index in [2.05, 4.69) is 58.7 Å². The van der Waals surface area contributed by atoms with Crippen molar-refractivity contribution in [2.45, 2.75) is 56.7 Å². The molecule has 0 saturated carbocycles. The van der Waals surface area contributed by atoms with Crippen LogP contribution in [0, 0.1) is 0 Å². The van der Waals surface area contributed by atoms with Crippen molar-refractivity contribution in [3.05, 3.63) is 23.9 Å². The van der Waals surface area contributed by atoms with Gasteiger partial charge < -0.3 is 0 Å². The predicted octanol–water partition coefficient (Wildman–Crippen LogP) is 4.27. The molecule has 0 unspecified atom stereocenters. The molecule has 0 N–H and O–H groups in total. The molecule has 1 heterocycles. The van der Waals surface area contributed by atoms with Crippen LogP contribution in [0.4, 0.5) is 0 Å². The highest BCUT2D eigenvalue weighted by molar-refractivity contribution is 8.00. The van der Waals surface area contributed by atoms with Crippen molar-refractivity contribution < 1.29 is 0 Å². The molecule has 1 nitrogen and oxygen atoms in total. The van der Waals surface area contributed by atoms with Crippen molar-refractivity contribution in [1.29, 1.82) is 0 Å². The highest BCUT2D eigenvalue weighted by Gasteiger charge is 2.16. The first kappa shape index (κ1) is 12.6. The zero-order chi connectivity index (χ0) is 11.7. The van der Waals surface area contributed by atoms with E-state index in [1.807, 2.05) is 18.0 Å². The Labute approximate surface area is 97.7 Å². The fourth-order valence-electron chi connectivity index (χ4n) is 1.20. The van der Waals surface area contributed by atoms with E-state index in [9.17, 15) is 0 Å². The monoisotopic (exact) mass is 223 g/mol. The molecule has 0 aliphatic heterocycles. The molecule has 2 heteroatoms. The minimum absolute atomic E-state index is 0.192. The van der Waals surface area contributed by atoms with Crippen LogP contribution in [0.3, 0.4) is 0 Å². The second kappa shape index (κ2) is 4.17. The van der Waals surface area contributed by atoms with E-state index in [4.69, 9.17) is 0 Å². The smallest absolute Gasteiger partial charge is 0.0965 e. The molecule has 0 amide bonds. The lowest BCUT2D eigenvalue weighted by Crippen LogP contribution is -2.12. The Morgan fingerprint density at radius 3 is 1.93 bits per heavy atom. The van der Waals surface area contributed by atoms with Crippen LogP contribution >= 0.6 is 11.8 Å². The number of hydrogen-bond donors (Lipinski definition) is 0. The molecular weight excluding hydrogens is 202 g/mol. The number of hydrogen-bond acceptors (Lipinski definition) is 2. The lowest BCUT2D eigenvalue weighted by Gasteiger charge is -2.20. The molecular formula is C13H21NS. The van der Waals surface area contributed by atoms with E-state index in [-0.39, 0.29) is 10.2 Å². The van der Waals surface area contributed by atoms with Crippen LogP contribution in [-0.2, 0) is 5.41 Å². The van der Waals surface area contributed by atoms with Gasteiger partial charge in [0.05, 0.1) is 5.03 Å². The van der Waals surface area contributed by atoms with Crippen LogP contribution in [0.5, 0.6) is 0 Å². The summed E-state index contributed by atoms with van der Waals surface area (Å²) < 4.78 is 0.232. The van der Waals surface area contributed by atoms with Crippen molar-refractivity contribution in [2.24, 2.45) is 0 Å². The Morgan fingerprint density at radius 1 is 1.00 bits per heavy atom. The fourth-order valence-corrected chi connectivity index (χ4v) is 2.07. The van der Waals surface area contributed by atoms with Gasteiger partial charge in [0.1, 0.15) is 0 Å². The van der Waals surface area contributed by atoms with Gasteiger partial charge >= 0.3 is 0 Å². The standard InChI is InChI=1S/C13H21NS/c1-12(2,3)10-7-8-11(14-9-10)15-13(4,5)6/h7-9H,1-6H3. The van der Waals surface area contributed by atoms with Gasteiger partial charge in [-0.1, -0.05) is 47.6 Å². The third-order valence-corrected chi connectivity index (χ3v) is 3.08. The third-order valence-electron chi connectivity index (χ3n) is 2.01. The molecule has 15 heavy (non-hydrogen) atoms. The van der Waals surface area contributed by atoms with E-state index in [0.29, 0.717) is 0 Å². The molecule has 0 aromatic carbocycles. The minimum Gasteiger partial charge on any atom is -0.250 e. The molecule has 0 radical (unpaired) electrons. The first-order valence-corrected chi connectivity index (χ1v) is 6.16. The zero-order valence-electron chi connectivity index (χ0n) is 10.6. The van der Waals surface area contributed by atoms with Gasteiger partial charge in [-0.05, 0) is 17.0 Å². The van der Waals surface area contributed by atoms with Crippen LogP contribution in [0.15, 0.2) is 23.4 Å². The van der Waals surface area contributed by atoms with Gasteiger partial charge in [-0.2, -0.15) is 0 Å². The maximum absolute atomic E-state index is 4.49. The molecule has 0 atom stereocenters. The quantitative estimate of drug-likeness (QED) is 0.659. The van der Waals surface area contributed by atoms with Crippen LogP contribution in [-0.4, -0.2) is 9.73 Å². The van der Waals surface area contributed by atoms with Crippen molar-refractivity contribution in [3.63, 3.8) is 0 Å². The summed E-state index contributed by atoms with van der Waals surface area (Å²) in [6.07, 6.45) is 1.99. The minimum atomic E-state index is 0.192. The number of nitrogens with zero attached hydrogens (tertiary/aromatic N) is 1. The van der Waals surface area contributed by atoms with Crippen molar-refractivity contribution in [2.75, 3.05) is 0 Å². The summed E-state index contributed by atoms with van der Waals surface area (Å²) in [5.41, 5.74) is 1.48. The molecule has 1 aromatic heterocycles. The van der Waals surface area contributed by atoms with E-state index in [1.54, 1.807) is 0 Å². The Kier molecular flexibility index (Phi) is 3.49. The Bertz CT molecular complexity index is 314. The summed E-state index contributed by atoms with van der Waals surface area (Å²) in [6, 6.07) is 4.30. The highest BCUT2D eigenvalue weighted by Crippen LogP contribution is 2.31. The van der Waals surface area contributed by atoms with Crippen LogP contribution in [0.25, 0.3) is 0 Å². The average Bonchev–Trinajstić information content (AvgIpc) is 2.00. The third kappa shape index (κ3) is 4.25. The summed E-state index contributed by atoms with van der Waals surface area (Å²) >= 11 is 1.81. The maximum atomic E-state index is 4.49. The molecule has 0 aliphatic rings. The molecule has 1 aromatic rings. The molecule has 0 fully saturated rings. The summed E-state index contributed by atoms with van der Waals surface area (Å²) in [4.78, 5) is 4.49. The largest absolute Gasteiger partial charge is 0.250 e.